The average Bonchev–Trinajstić information content (AvgIpc) is 1.62. The first-order chi connectivity index (χ1) is 59.2. The molecule has 7 fully saturated rings. The molecule has 658 valence electrons. The van der Waals surface area contributed by atoms with E-state index in [-0.39, 0.29) is 91.2 Å². The molecule has 0 N–H and O–H groups in total. The predicted molar refractivity (Wildman–Crippen MR) is 440 cm³/mol. The molecule has 0 unspecified atom stereocenters. The minimum Gasteiger partial charge on any atom is -0.546 e. The number of carboxylic acid groups (broad SMARTS) is 1. The summed E-state index contributed by atoms with van der Waals surface area (Å²) in [6, 6.07) is 25.6. The second kappa shape index (κ2) is 42.6. The summed E-state index contributed by atoms with van der Waals surface area (Å²) in [4.78, 5) is 106. The maximum Gasteiger partial charge on any atom is 1.00 e. The topological polar surface area (TPSA) is 379 Å². The van der Waals surface area contributed by atoms with Crippen molar-refractivity contribution in [3.63, 3.8) is 0 Å². The number of rotatable bonds is 25. The third kappa shape index (κ3) is 24.9. The normalized spacial score (nSPS) is 17.1. The molecule has 31 nitrogen and oxygen atoms in total. The first-order valence-corrected chi connectivity index (χ1v) is 41.0. The van der Waals surface area contributed by atoms with E-state index in [0.29, 0.717) is 163 Å². The SMILES string of the molecule is COC(=O)C1(Oc2cc(-c3ccc(Cl)c(F)c3)nc(C)n2)CC1.COC(=O)C1(Oc2cc(-c3ccc(Cl)c(F)c3)nc(C)n2)CC1.COC(=O)C1(Oc2cc(Cl)nc(C)n2)CC1.COC[C@@H]1CCCN1c1nc(OC2(C(=O)OC)CC2)cc(-c2ccc(Cl)c(F)c2)n1.COC[C@@H]1CCCN1c1nc(OC2(C(=O)[O-])CC2)cc(-c2ccc(Cl)c(F)c2)n1.O=S=O.[Na+]. The van der Waals surface area contributed by atoms with E-state index in [4.69, 9.17) is 114 Å². The first-order valence-electron chi connectivity index (χ1n) is 38.5. The number of hydrogen-bond acceptors (Lipinski definition) is 31. The maximum absolute atomic E-state index is 14.1. The number of anilines is 2. The smallest absolute Gasteiger partial charge is 0.546 e. The van der Waals surface area contributed by atoms with Crippen LogP contribution in [0.4, 0.5) is 29.5 Å². The van der Waals surface area contributed by atoms with Crippen molar-refractivity contribution in [1.82, 2.24) is 49.8 Å². The third-order valence-corrected chi connectivity index (χ3v) is 21.7. The van der Waals surface area contributed by atoms with Crippen molar-refractivity contribution in [2.24, 2.45) is 0 Å². The number of benzene rings is 4. The molecular formula is C83H82Cl5F4N12NaO19S. The van der Waals surface area contributed by atoms with Gasteiger partial charge in [-0.2, -0.15) is 33.3 Å². The monoisotopic (exact) mass is 1860 g/mol. The summed E-state index contributed by atoms with van der Waals surface area (Å²) in [5.74, 6) is -1.66. The van der Waals surface area contributed by atoms with Gasteiger partial charge in [-0.25, -0.2) is 61.7 Å². The van der Waals surface area contributed by atoms with Crippen molar-refractivity contribution in [3.05, 3.63) is 169 Å². The van der Waals surface area contributed by atoms with E-state index >= 15 is 0 Å². The summed E-state index contributed by atoms with van der Waals surface area (Å²) in [5.41, 5.74) is -1.16. The Balaban J connectivity index is 0.000000164. The van der Waals surface area contributed by atoms with E-state index in [9.17, 15) is 46.6 Å². The van der Waals surface area contributed by atoms with Gasteiger partial charge in [-0.15, -0.1) is 0 Å². The standard InChI is InChI=1S/C21H23ClFN3O4.C20H21ClFN3O4.2C16H14ClFN2O3.C10H11ClN2O3.Na.O2S/c1-28-12-14-4-3-9-26(14)20-24-17(13-5-6-15(22)16(23)10-13)11-18(25-20)30-21(7-8-21)19(27)29-2;1-28-11-13-3-2-8-25(13)19-23-16(12-4-5-14(21)15(22)9-12)10-17(24-19)29-20(6-7-20)18(26)27;2*1-9-19-13(10-3-4-11(17)12(18)7-10)8-14(20-9)23-16(5-6-16)15(21)22-2;1-6-12-7(11)5-8(13-6)16-10(3-4-10)9(14)15-2;;1-3-2/h5-6,10-11,14H,3-4,7-9,12H2,1-2H3;4-5,9-10,13H,2-3,6-8,11H2,1H3,(H,26,27);2*3-4,7-8H,5-6H2,1-2H3;5H,3-4H2,1-2H3;;/q;;;;;+1;/p-1/t14-;13-;;;;;/m00...../s1. The fraction of sp³-hybridized carbons (Fsp3) is 0.410. The van der Waals surface area contributed by atoms with Crippen molar-refractivity contribution in [2.45, 2.75) is 151 Å². The largest absolute Gasteiger partial charge is 1.00 e. The van der Waals surface area contributed by atoms with Gasteiger partial charge < -0.3 is 71.8 Å². The van der Waals surface area contributed by atoms with E-state index in [1.54, 1.807) is 77.5 Å². The third-order valence-electron chi connectivity index (χ3n) is 20.3. The summed E-state index contributed by atoms with van der Waals surface area (Å²) >= 11 is 28.0. The zero-order chi connectivity index (χ0) is 89.6. The number of esters is 4. The van der Waals surface area contributed by atoms with Gasteiger partial charge in [0.05, 0.1) is 103 Å². The molecule has 7 heterocycles. The molecule has 2 saturated heterocycles. The minimum absolute atomic E-state index is 0. The van der Waals surface area contributed by atoms with Crippen LogP contribution in [0.25, 0.3) is 45.0 Å². The summed E-state index contributed by atoms with van der Waals surface area (Å²) in [6.45, 7) is 7.66. The Bertz CT molecular complexity index is 5340. The molecule has 7 aliphatic rings. The Hall–Kier alpha value is -9.86. The van der Waals surface area contributed by atoms with Crippen LogP contribution in [0, 0.1) is 44.0 Å². The molecule has 4 aromatic carbocycles. The fourth-order valence-electron chi connectivity index (χ4n) is 13.1. The average molecular weight is 1860 g/mol. The van der Waals surface area contributed by atoms with Crippen LogP contribution < -0.4 is 68.1 Å². The van der Waals surface area contributed by atoms with Crippen LogP contribution in [0.1, 0.15) is 107 Å². The van der Waals surface area contributed by atoms with Crippen molar-refractivity contribution in [3.8, 4) is 74.4 Å². The predicted octanol–water partition coefficient (Wildman–Crippen LogP) is 10.4. The van der Waals surface area contributed by atoms with Gasteiger partial charge in [-0.05, 0) is 108 Å². The zero-order valence-corrected chi connectivity index (χ0v) is 75.7. The molecule has 0 spiro atoms. The molecule has 2 aliphatic heterocycles. The van der Waals surface area contributed by atoms with Crippen molar-refractivity contribution >= 4 is 111 Å². The van der Waals surface area contributed by atoms with Crippen molar-refractivity contribution < 1.29 is 137 Å². The van der Waals surface area contributed by atoms with Crippen LogP contribution in [0.15, 0.2) is 103 Å². The van der Waals surface area contributed by atoms with Gasteiger partial charge in [0, 0.05) is 131 Å². The summed E-state index contributed by atoms with van der Waals surface area (Å²) < 4.78 is 130. The molecule has 0 radical (unpaired) electrons. The van der Waals surface area contributed by atoms with Gasteiger partial charge in [-0.3, -0.25) is 0 Å². The minimum atomic E-state index is -1.36. The number of carboxylic acids is 1. The number of aliphatic carboxylic acids is 1. The molecule has 5 aliphatic carbocycles. The molecular weight excluding hydrogens is 1780 g/mol. The van der Waals surface area contributed by atoms with Crippen LogP contribution in [-0.2, 0) is 64.0 Å². The van der Waals surface area contributed by atoms with Crippen molar-refractivity contribution in [2.75, 3.05) is 78.8 Å². The van der Waals surface area contributed by atoms with Gasteiger partial charge >= 0.3 is 65.0 Å². The van der Waals surface area contributed by atoms with Crippen LogP contribution in [0.2, 0.25) is 25.2 Å². The quantitative estimate of drug-likeness (QED) is 0.0169. The number of methoxy groups -OCH3 is 6. The number of ether oxygens (including phenoxy) is 11. The molecule has 125 heavy (non-hydrogen) atoms. The fourth-order valence-corrected chi connectivity index (χ4v) is 13.8. The van der Waals surface area contributed by atoms with Crippen LogP contribution >= 0.6 is 58.0 Å². The second-order valence-electron chi connectivity index (χ2n) is 29.3. The van der Waals surface area contributed by atoms with E-state index in [0.717, 1.165) is 38.8 Å². The summed E-state index contributed by atoms with van der Waals surface area (Å²) in [7, 11) is 8.60. The number of carbonyl (C=O) groups excluding carboxylic acids is 5. The zero-order valence-electron chi connectivity index (χ0n) is 69.1. The number of aromatic nitrogens is 10. The Morgan fingerprint density at radius 3 is 0.896 bits per heavy atom. The molecule has 9 aromatic rings. The van der Waals surface area contributed by atoms with E-state index in [1.165, 1.54) is 89.1 Å². The first kappa shape index (κ1) is 97.3. The molecule has 5 saturated carbocycles. The number of halogens is 9. The molecule has 0 bridgehead atoms. The molecule has 42 heteroatoms. The van der Waals surface area contributed by atoms with E-state index in [2.05, 4.69) is 59.5 Å². The molecule has 5 aromatic heterocycles. The number of hydrogen-bond donors (Lipinski definition) is 0. The van der Waals surface area contributed by atoms with Gasteiger partial charge in [0.25, 0.3) is 0 Å². The van der Waals surface area contributed by atoms with Crippen LogP contribution in [0.3, 0.4) is 0 Å². The molecule has 0 amide bonds. The van der Waals surface area contributed by atoms with Gasteiger partial charge in [0.15, 0.2) is 5.60 Å². The number of aryl methyl sites for hydroxylation is 3. The summed E-state index contributed by atoms with van der Waals surface area (Å²) in [5, 5.41) is 11.8. The van der Waals surface area contributed by atoms with Crippen LogP contribution in [0.5, 0.6) is 29.4 Å². The molecule has 2 atom stereocenters. The second-order valence-corrected chi connectivity index (χ2v) is 31.5. The van der Waals surface area contributed by atoms with Crippen LogP contribution in [-0.4, -0.2) is 197 Å². The maximum atomic E-state index is 14.1. The Labute approximate surface area is 765 Å². The van der Waals surface area contributed by atoms with Gasteiger partial charge in [-0.1, -0.05) is 82.3 Å². The van der Waals surface area contributed by atoms with Crippen molar-refractivity contribution in [1.29, 1.82) is 0 Å². The Morgan fingerprint density at radius 2 is 0.648 bits per heavy atom. The number of nitrogens with zero attached hydrogens (tertiary/aromatic N) is 12. The van der Waals surface area contributed by atoms with E-state index in [1.807, 2.05) is 4.90 Å². The Morgan fingerprint density at radius 1 is 0.392 bits per heavy atom. The summed E-state index contributed by atoms with van der Waals surface area (Å²) in [6.07, 6.45) is 9.24. The van der Waals surface area contributed by atoms with Gasteiger partial charge in [0.2, 0.25) is 63.7 Å². The van der Waals surface area contributed by atoms with Gasteiger partial charge in [0.1, 0.15) is 45.9 Å². The number of carbonyl (C=O) groups is 5. The molecule has 16 rings (SSSR count). The van der Waals surface area contributed by atoms with E-state index < -0.39 is 86.7 Å². The Kier molecular flexibility index (Phi) is 33.2.